The summed E-state index contributed by atoms with van der Waals surface area (Å²) in [5.41, 5.74) is 0. The van der Waals surface area contributed by atoms with E-state index in [-0.39, 0.29) is 24.0 Å². The Balaban J connectivity index is 1.95. The van der Waals surface area contributed by atoms with Crippen LogP contribution in [0.3, 0.4) is 0 Å². The van der Waals surface area contributed by atoms with Gasteiger partial charge >= 0.3 is 0 Å². The van der Waals surface area contributed by atoms with Gasteiger partial charge in [-0.25, -0.2) is 0 Å². The smallest absolute Gasteiger partial charge is 0.171 e. The lowest BCUT2D eigenvalue weighted by Crippen LogP contribution is -2.56. The Labute approximate surface area is 195 Å². The highest BCUT2D eigenvalue weighted by atomic mass is 16.7. The standard InChI is InChI=1S/C27H46O5/c1-6-23(11-9-7-8-10-19(2)18-28)12-13-25-22(5)24(30)17-27(31-25)15-14-20(3)26(32-27)16-21(4)29/h7-9,11,18-26,29-30H,6,10,12-17H2,1-5H3/b8-7+,11-9+. The van der Waals surface area contributed by atoms with Crippen LogP contribution in [-0.2, 0) is 14.3 Å². The van der Waals surface area contributed by atoms with E-state index in [9.17, 15) is 15.0 Å². The van der Waals surface area contributed by atoms with E-state index >= 15 is 0 Å². The van der Waals surface area contributed by atoms with Gasteiger partial charge < -0.3 is 24.5 Å². The van der Waals surface area contributed by atoms with Gasteiger partial charge in [0.2, 0.25) is 0 Å². The van der Waals surface area contributed by atoms with Crippen LogP contribution in [0.15, 0.2) is 24.3 Å². The van der Waals surface area contributed by atoms with Gasteiger partial charge in [0.1, 0.15) is 6.29 Å². The molecule has 0 saturated carbocycles. The van der Waals surface area contributed by atoms with Crippen LogP contribution in [0.5, 0.6) is 0 Å². The average Bonchev–Trinajstić information content (AvgIpc) is 2.75. The predicted molar refractivity (Wildman–Crippen MR) is 128 cm³/mol. The van der Waals surface area contributed by atoms with E-state index in [1.54, 1.807) is 6.92 Å². The molecule has 0 aliphatic carbocycles. The van der Waals surface area contributed by atoms with E-state index in [2.05, 4.69) is 32.9 Å². The molecule has 2 heterocycles. The minimum absolute atomic E-state index is 0.0363. The molecule has 9 atom stereocenters. The monoisotopic (exact) mass is 450 g/mol. The number of allylic oxidation sites excluding steroid dienone is 4. The summed E-state index contributed by atoms with van der Waals surface area (Å²) in [6.45, 7) is 10.2. The quantitative estimate of drug-likeness (QED) is 0.334. The van der Waals surface area contributed by atoms with Crippen LogP contribution >= 0.6 is 0 Å². The molecule has 0 bridgehead atoms. The van der Waals surface area contributed by atoms with Crippen LogP contribution < -0.4 is 0 Å². The van der Waals surface area contributed by atoms with Gasteiger partial charge in [0, 0.05) is 24.7 Å². The summed E-state index contributed by atoms with van der Waals surface area (Å²) in [7, 11) is 0. The van der Waals surface area contributed by atoms with E-state index in [0.717, 1.165) is 44.8 Å². The molecule has 2 aliphatic rings. The van der Waals surface area contributed by atoms with E-state index in [4.69, 9.17) is 9.47 Å². The second-order valence-corrected chi connectivity index (χ2v) is 10.4. The Hall–Kier alpha value is -1.01. The van der Waals surface area contributed by atoms with Crippen molar-refractivity contribution in [3.63, 3.8) is 0 Å². The molecule has 0 radical (unpaired) electrons. The van der Waals surface area contributed by atoms with Crippen LogP contribution in [0.1, 0.15) is 86.0 Å². The van der Waals surface area contributed by atoms with Crippen LogP contribution in [0.2, 0.25) is 0 Å². The van der Waals surface area contributed by atoms with Crippen molar-refractivity contribution in [2.75, 3.05) is 0 Å². The van der Waals surface area contributed by atoms with Gasteiger partial charge in [-0.3, -0.25) is 0 Å². The zero-order chi connectivity index (χ0) is 23.7. The fourth-order valence-corrected chi connectivity index (χ4v) is 4.91. The number of carbonyl (C=O) groups excluding carboxylic acids is 1. The van der Waals surface area contributed by atoms with Crippen LogP contribution in [0.25, 0.3) is 0 Å². The fraction of sp³-hybridized carbons (Fsp3) is 0.815. The molecule has 2 N–H and O–H groups in total. The molecule has 2 saturated heterocycles. The van der Waals surface area contributed by atoms with Crippen molar-refractivity contribution in [1.82, 2.24) is 0 Å². The third-order valence-electron chi connectivity index (χ3n) is 7.35. The van der Waals surface area contributed by atoms with Crippen LogP contribution in [0.4, 0.5) is 0 Å². The van der Waals surface area contributed by atoms with Gasteiger partial charge in [0.15, 0.2) is 5.79 Å². The van der Waals surface area contributed by atoms with E-state index in [0.29, 0.717) is 24.7 Å². The summed E-state index contributed by atoms with van der Waals surface area (Å²) in [5, 5.41) is 20.7. The molecule has 0 aromatic heterocycles. The highest BCUT2D eigenvalue weighted by Gasteiger charge is 2.49. The molecule has 1 spiro atoms. The molecule has 0 aromatic rings. The number of ether oxygens (including phenoxy) is 2. The van der Waals surface area contributed by atoms with Crippen molar-refractivity contribution in [2.45, 2.75) is 116 Å². The number of rotatable bonds is 11. The van der Waals surface area contributed by atoms with Crippen LogP contribution in [-0.4, -0.2) is 46.7 Å². The van der Waals surface area contributed by atoms with E-state index < -0.39 is 18.0 Å². The van der Waals surface area contributed by atoms with Crippen molar-refractivity contribution in [3.8, 4) is 0 Å². The molecule has 5 heteroatoms. The predicted octanol–water partition coefficient (Wildman–Crippen LogP) is 5.20. The Morgan fingerprint density at radius 1 is 1.16 bits per heavy atom. The van der Waals surface area contributed by atoms with Crippen molar-refractivity contribution >= 4 is 6.29 Å². The van der Waals surface area contributed by atoms with Gasteiger partial charge in [-0.15, -0.1) is 0 Å². The van der Waals surface area contributed by atoms with Gasteiger partial charge in [0.05, 0.1) is 24.4 Å². The van der Waals surface area contributed by atoms with Gasteiger partial charge in [-0.1, -0.05) is 52.0 Å². The normalized spacial score (nSPS) is 36.5. The highest BCUT2D eigenvalue weighted by Crippen LogP contribution is 2.44. The number of aliphatic hydroxyl groups is 2. The van der Waals surface area contributed by atoms with Crippen molar-refractivity contribution in [2.24, 2.45) is 23.7 Å². The van der Waals surface area contributed by atoms with E-state index in [1.165, 1.54) is 0 Å². The summed E-state index contributed by atoms with van der Waals surface area (Å²) < 4.78 is 13.0. The summed E-state index contributed by atoms with van der Waals surface area (Å²) in [4.78, 5) is 10.7. The van der Waals surface area contributed by atoms with Gasteiger partial charge in [-0.05, 0) is 57.3 Å². The van der Waals surface area contributed by atoms with Crippen molar-refractivity contribution in [1.29, 1.82) is 0 Å². The first-order valence-electron chi connectivity index (χ1n) is 12.7. The molecule has 184 valence electrons. The zero-order valence-electron chi connectivity index (χ0n) is 20.8. The minimum Gasteiger partial charge on any atom is -0.393 e. The molecular weight excluding hydrogens is 404 g/mol. The van der Waals surface area contributed by atoms with Crippen LogP contribution in [0, 0.1) is 23.7 Å². The highest BCUT2D eigenvalue weighted by molar-refractivity contribution is 5.53. The largest absolute Gasteiger partial charge is 0.393 e. The molecular formula is C27H46O5. The lowest BCUT2D eigenvalue weighted by molar-refractivity contribution is -0.347. The molecule has 5 nitrogen and oxygen atoms in total. The fourth-order valence-electron chi connectivity index (χ4n) is 4.91. The molecule has 2 rings (SSSR count). The number of hydrogen-bond donors (Lipinski definition) is 2. The lowest BCUT2D eigenvalue weighted by atomic mass is 9.80. The molecule has 32 heavy (non-hydrogen) atoms. The Morgan fingerprint density at radius 3 is 2.53 bits per heavy atom. The third-order valence-corrected chi connectivity index (χ3v) is 7.35. The number of hydrogen-bond acceptors (Lipinski definition) is 5. The molecule has 2 fully saturated rings. The van der Waals surface area contributed by atoms with E-state index in [1.807, 2.05) is 19.1 Å². The molecule has 0 aromatic carbocycles. The SMILES string of the molecule is CCC(/C=C/C=C/CC(C)C=O)CCC1OC2(CCC(C)C(CC(C)O)O2)CC(O)C1C. The van der Waals surface area contributed by atoms with Crippen molar-refractivity contribution < 1.29 is 24.5 Å². The number of aldehydes is 1. The Morgan fingerprint density at radius 2 is 1.88 bits per heavy atom. The Bertz CT molecular complexity index is 615. The Kier molecular flexibility index (Phi) is 11.1. The summed E-state index contributed by atoms with van der Waals surface area (Å²) >= 11 is 0. The van der Waals surface area contributed by atoms with Crippen molar-refractivity contribution in [3.05, 3.63) is 24.3 Å². The third kappa shape index (κ3) is 8.09. The summed E-state index contributed by atoms with van der Waals surface area (Å²) in [6.07, 6.45) is 15.0. The topological polar surface area (TPSA) is 76.0 Å². The molecule has 0 amide bonds. The maximum atomic E-state index is 10.8. The number of carbonyl (C=O) groups is 1. The van der Waals surface area contributed by atoms with Gasteiger partial charge in [-0.2, -0.15) is 0 Å². The average molecular weight is 451 g/mol. The zero-order valence-corrected chi connectivity index (χ0v) is 20.8. The maximum Gasteiger partial charge on any atom is 0.171 e. The second-order valence-electron chi connectivity index (χ2n) is 10.4. The lowest BCUT2D eigenvalue weighted by Gasteiger charge is -2.51. The van der Waals surface area contributed by atoms with Gasteiger partial charge in [0.25, 0.3) is 0 Å². The summed E-state index contributed by atoms with van der Waals surface area (Å²) in [5.74, 6) is 0.244. The summed E-state index contributed by atoms with van der Waals surface area (Å²) in [6, 6.07) is 0. The molecule has 2 aliphatic heterocycles. The first-order chi connectivity index (χ1) is 15.2. The number of aliphatic hydroxyl groups excluding tert-OH is 2. The minimum atomic E-state index is -0.724. The first-order valence-corrected chi connectivity index (χ1v) is 12.7. The molecule has 9 unspecified atom stereocenters. The first kappa shape index (κ1) is 27.2. The maximum absolute atomic E-state index is 10.8. The second kappa shape index (κ2) is 13.0.